The second-order valence-electron chi connectivity index (χ2n) is 11.8. The Kier molecular flexibility index (Phi) is 8.02. The molecule has 5 heterocycles. The molecule has 2 aliphatic rings. The van der Waals surface area contributed by atoms with Crippen molar-refractivity contribution >= 4 is 28.4 Å². The number of fused-ring (bicyclic) bond motifs is 1. The van der Waals surface area contributed by atoms with Crippen molar-refractivity contribution in [1.29, 1.82) is 0 Å². The normalized spacial score (nSPS) is 20.4. The second-order valence-corrected chi connectivity index (χ2v) is 11.8. The summed E-state index contributed by atoms with van der Waals surface area (Å²) in [5.41, 5.74) is 9.84. The van der Waals surface area contributed by atoms with E-state index in [9.17, 15) is 0 Å². The molecule has 2 fully saturated rings. The summed E-state index contributed by atoms with van der Waals surface area (Å²) in [5, 5.41) is 12.7. The van der Waals surface area contributed by atoms with E-state index in [-0.39, 0.29) is 12.1 Å². The van der Waals surface area contributed by atoms with Gasteiger partial charge in [0.15, 0.2) is 5.65 Å². The molecular weight excluding hydrogens is 514 g/mol. The largest absolute Gasteiger partial charge is 0.489 e. The lowest BCUT2D eigenvalue weighted by Gasteiger charge is -2.29. The van der Waals surface area contributed by atoms with Gasteiger partial charge in [-0.05, 0) is 83.7 Å². The van der Waals surface area contributed by atoms with Crippen LogP contribution in [0, 0.1) is 0 Å². The molecule has 1 saturated heterocycles. The Balaban J connectivity index is 1.24. The first-order valence-corrected chi connectivity index (χ1v) is 14.9. The van der Waals surface area contributed by atoms with E-state index in [4.69, 9.17) is 25.4 Å². The van der Waals surface area contributed by atoms with Crippen molar-refractivity contribution in [3.8, 4) is 17.0 Å². The zero-order valence-corrected chi connectivity index (χ0v) is 24.3. The molecule has 4 aromatic rings. The highest BCUT2D eigenvalue weighted by Crippen LogP contribution is 2.33. The van der Waals surface area contributed by atoms with Gasteiger partial charge >= 0.3 is 0 Å². The summed E-state index contributed by atoms with van der Waals surface area (Å²) in [6.45, 7) is 6.33. The molecule has 1 saturated carbocycles. The number of hydrogen-bond acceptors (Lipinski definition) is 9. The zero-order valence-electron chi connectivity index (χ0n) is 24.3. The lowest BCUT2D eigenvalue weighted by molar-refractivity contribution is 0.114. The van der Waals surface area contributed by atoms with Crippen LogP contribution in [0.4, 0.5) is 17.3 Å². The molecule has 1 aliphatic heterocycles. The van der Waals surface area contributed by atoms with Gasteiger partial charge in [-0.2, -0.15) is 5.10 Å². The Morgan fingerprint density at radius 3 is 2.46 bits per heavy atom. The number of aromatic nitrogens is 5. The van der Waals surface area contributed by atoms with Gasteiger partial charge in [0.2, 0.25) is 0 Å². The fourth-order valence-corrected chi connectivity index (χ4v) is 5.74. The summed E-state index contributed by atoms with van der Waals surface area (Å²) in [6, 6.07) is 11.0. The Morgan fingerprint density at radius 1 is 0.927 bits per heavy atom. The summed E-state index contributed by atoms with van der Waals surface area (Å²) in [7, 11) is 2.16. The van der Waals surface area contributed by atoms with Crippen LogP contribution < -0.4 is 21.1 Å². The van der Waals surface area contributed by atoms with Gasteiger partial charge in [-0.15, -0.1) is 0 Å². The second kappa shape index (κ2) is 12.0. The van der Waals surface area contributed by atoms with E-state index in [2.05, 4.69) is 47.6 Å². The van der Waals surface area contributed by atoms with E-state index < -0.39 is 0 Å². The number of piperidine rings is 1. The minimum Gasteiger partial charge on any atom is -0.489 e. The quantitative estimate of drug-likeness (QED) is 0.264. The molecule has 41 heavy (non-hydrogen) atoms. The highest BCUT2D eigenvalue weighted by atomic mass is 16.5. The van der Waals surface area contributed by atoms with Crippen LogP contribution in [0.25, 0.3) is 22.3 Å². The van der Waals surface area contributed by atoms with Crippen LogP contribution in [0.5, 0.6) is 5.75 Å². The predicted octanol–water partition coefficient (Wildman–Crippen LogP) is 5.37. The maximum Gasteiger partial charge on any atom is 0.160 e. The van der Waals surface area contributed by atoms with Gasteiger partial charge in [-0.25, -0.2) is 14.6 Å². The summed E-state index contributed by atoms with van der Waals surface area (Å²) in [6.07, 6.45) is 12.0. The monoisotopic (exact) mass is 555 g/mol. The Labute approximate surface area is 241 Å². The SMILES string of the molecule is CC(C)n1ncc2ccc(Nc3cc(NC4CCC(N)CC4)c(-c4ccc(OC5CCN(C)CC5)cn4)cn3)nc21. The molecule has 4 aromatic heterocycles. The highest BCUT2D eigenvalue weighted by molar-refractivity contribution is 5.80. The average molecular weight is 556 g/mol. The van der Waals surface area contributed by atoms with Crippen molar-refractivity contribution < 1.29 is 4.74 Å². The molecular formula is C31H41N9O. The van der Waals surface area contributed by atoms with Crippen molar-refractivity contribution in [2.45, 2.75) is 76.6 Å². The van der Waals surface area contributed by atoms with E-state index in [1.54, 1.807) is 0 Å². The van der Waals surface area contributed by atoms with Gasteiger partial charge < -0.3 is 26.0 Å². The van der Waals surface area contributed by atoms with Crippen molar-refractivity contribution in [3.63, 3.8) is 0 Å². The molecule has 4 N–H and O–H groups in total. The maximum absolute atomic E-state index is 6.23. The number of ether oxygens (including phenoxy) is 1. The number of anilines is 3. The number of pyridine rings is 3. The number of nitrogens with zero attached hydrogens (tertiary/aromatic N) is 6. The molecule has 0 aromatic carbocycles. The molecule has 10 nitrogen and oxygen atoms in total. The van der Waals surface area contributed by atoms with E-state index in [1.807, 2.05) is 47.5 Å². The van der Waals surface area contributed by atoms with E-state index in [0.29, 0.717) is 17.9 Å². The van der Waals surface area contributed by atoms with Crippen LogP contribution in [0.3, 0.4) is 0 Å². The summed E-state index contributed by atoms with van der Waals surface area (Å²) >= 11 is 0. The summed E-state index contributed by atoms with van der Waals surface area (Å²) < 4.78 is 8.17. The number of rotatable bonds is 8. The molecule has 0 bridgehead atoms. The predicted molar refractivity (Wildman–Crippen MR) is 164 cm³/mol. The third-order valence-corrected chi connectivity index (χ3v) is 8.20. The minimum absolute atomic E-state index is 0.223. The smallest absolute Gasteiger partial charge is 0.160 e. The molecule has 10 heteroatoms. The van der Waals surface area contributed by atoms with Crippen molar-refractivity contribution in [2.75, 3.05) is 30.8 Å². The van der Waals surface area contributed by atoms with Crippen LogP contribution in [0.15, 0.2) is 48.9 Å². The van der Waals surface area contributed by atoms with Crippen LogP contribution >= 0.6 is 0 Å². The first-order valence-electron chi connectivity index (χ1n) is 14.9. The number of hydrogen-bond donors (Lipinski definition) is 3. The van der Waals surface area contributed by atoms with Gasteiger partial charge in [0.25, 0.3) is 0 Å². The first-order chi connectivity index (χ1) is 19.9. The molecule has 6 rings (SSSR count). The highest BCUT2D eigenvalue weighted by Gasteiger charge is 2.21. The molecule has 0 atom stereocenters. The molecule has 0 radical (unpaired) electrons. The minimum atomic E-state index is 0.223. The van der Waals surface area contributed by atoms with Crippen molar-refractivity contribution in [2.24, 2.45) is 5.73 Å². The topological polar surface area (TPSA) is 119 Å². The van der Waals surface area contributed by atoms with Gasteiger partial charge in [0.05, 0.1) is 18.1 Å². The molecule has 0 unspecified atom stereocenters. The molecule has 1 aliphatic carbocycles. The fraction of sp³-hybridized carbons (Fsp3) is 0.484. The zero-order chi connectivity index (χ0) is 28.3. The van der Waals surface area contributed by atoms with E-state index in [0.717, 1.165) is 91.2 Å². The summed E-state index contributed by atoms with van der Waals surface area (Å²) in [4.78, 5) is 16.7. The number of nitrogens with one attached hydrogen (secondary N) is 2. The van der Waals surface area contributed by atoms with Gasteiger partial charge in [0, 0.05) is 60.1 Å². The number of likely N-dealkylation sites (tertiary alicyclic amines) is 1. The summed E-state index contributed by atoms with van der Waals surface area (Å²) in [5.74, 6) is 2.25. The third kappa shape index (κ3) is 6.44. The van der Waals surface area contributed by atoms with Crippen molar-refractivity contribution in [3.05, 3.63) is 48.9 Å². The Hall–Kier alpha value is -3.76. The number of nitrogens with two attached hydrogens (primary N) is 1. The van der Waals surface area contributed by atoms with E-state index in [1.165, 1.54) is 0 Å². The average Bonchev–Trinajstić information content (AvgIpc) is 3.40. The van der Waals surface area contributed by atoms with Gasteiger partial charge in [0.1, 0.15) is 23.5 Å². The standard InChI is InChI=1S/C31H41N9O/c1-20(2)40-31-21(17-35-40)4-11-29(38-31)37-30-16-28(36-23-7-5-22(32)6-8-23)26(19-34-30)27-10-9-25(18-33-27)41-24-12-14-39(3)15-13-24/h4,9-11,16-20,22-24H,5-8,12-15,32H2,1-3H3,(H2,34,36,37,38). The first kappa shape index (κ1) is 27.4. The van der Waals surface area contributed by atoms with Crippen LogP contribution in [0.1, 0.15) is 58.4 Å². The van der Waals surface area contributed by atoms with E-state index >= 15 is 0 Å². The third-order valence-electron chi connectivity index (χ3n) is 8.20. The molecule has 0 amide bonds. The fourth-order valence-electron chi connectivity index (χ4n) is 5.74. The van der Waals surface area contributed by atoms with Crippen LogP contribution in [-0.4, -0.2) is 68.0 Å². The molecule has 0 spiro atoms. The van der Waals surface area contributed by atoms with Crippen LogP contribution in [0.2, 0.25) is 0 Å². The van der Waals surface area contributed by atoms with Crippen molar-refractivity contribution in [1.82, 2.24) is 29.6 Å². The lowest BCUT2D eigenvalue weighted by Crippen LogP contribution is -2.35. The van der Waals surface area contributed by atoms with Gasteiger partial charge in [-0.1, -0.05) is 0 Å². The van der Waals surface area contributed by atoms with Crippen LogP contribution in [-0.2, 0) is 0 Å². The van der Waals surface area contributed by atoms with Gasteiger partial charge in [-0.3, -0.25) is 4.98 Å². The maximum atomic E-state index is 6.23. The Bertz CT molecular complexity index is 1450. The Morgan fingerprint density at radius 2 is 1.73 bits per heavy atom. The molecule has 216 valence electrons. The lowest BCUT2D eigenvalue weighted by atomic mass is 9.91.